The Kier molecular flexibility index (Phi) is 5.47. The van der Waals surface area contributed by atoms with Gasteiger partial charge >= 0.3 is 0 Å². The molecule has 0 radical (unpaired) electrons. The zero-order valence-corrected chi connectivity index (χ0v) is 9.59. The van der Waals surface area contributed by atoms with E-state index in [4.69, 9.17) is 26.8 Å². The minimum absolute atomic E-state index is 0.220. The van der Waals surface area contributed by atoms with Crippen LogP contribution in [0.25, 0.3) is 0 Å². The normalized spacial score (nSPS) is 10.3. The highest BCUT2D eigenvalue weighted by Crippen LogP contribution is 2.28. The number of para-hydroxylation sites is 1. The molecule has 0 heterocycles. The summed E-state index contributed by atoms with van der Waals surface area (Å²) in [4.78, 5) is 0. The van der Waals surface area contributed by atoms with Gasteiger partial charge in [0.2, 0.25) is 0 Å². The lowest BCUT2D eigenvalue weighted by Gasteiger charge is -2.12. The molecule has 0 aliphatic rings. The quantitative estimate of drug-likeness (QED) is 0.601. The van der Waals surface area contributed by atoms with E-state index in [-0.39, 0.29) is 6.79 Å². The van der Waals surface area contributed by atoms with E-state index in [0.29, 0.717) is 23.9 Å². The molecule has 0 fully saturated rings. The van der Waals surface area contributed by atoms with Crippen molar-refractivity contribution in [3.05, 3.63) is 28.8 Å². The van der Waals surface area contributed by atoms with Crippen molar-refractivity contribution >= 4 is 11.6 Å². The van der Waals surface area contributed by atoms with Gasteiger partial charge in [0.1, 0.15) is 5.75 Å². The average molecular weight is 230 g/mol. The summed E-state index contributed by atoms with van der Waals surface area (Å²) in [6, 6.07) is 5.64. The molecule has 0 amide bonds. The van der Waals surface area contributed by atoms with E-state index in [1.165, 1.54) is 0 Å². The van der Waals surface area contributed by atoms with Crippen LogP contribution in [-0.2, 0) is 11.2 Å². The van der Waals surface area contributed by atoms with Crippen molar-refractivity contribution in [3.8, 4) is 5.75 Å². The van der Waals surface area contributed by atoms with Crippen LogP contribution in [0.15, 0.2) is 18.2 Å². The Morgan fingerprint density at radius 3 is 2.87 bits per heavy atom. The average Bonchev–Trinajstić information content (AvgIpc) is 2.23. The molecule has 0 aromatic heterocycles. The van der Waals surface area contributed by atoms with E-state index < -0.39 is 0 Å². The molecule has 0 saturated carbocycles. The standard InChI is InChI=1S/C11H16ClNO2/c1-2-14-8-15-11-9(6-7-13)4-3-5-10(11)12/h3-5H,2,6-8,13H2,1H3. The van der Waals surface area contributed by atoms with Crippen molar-refractivity contribution in [2.75, 3.05) is 19.9 Å². The van der Waals surface area contributed by atoms with E-state index in [2.05, 4.69) is 0 Å². The third kappa shape index (κ3) is 3.70. The number of nitrogens with two attached hydrogens (primary N) is 1. The van der Waals surface area contributed by atoms with Gasteiger partial charge in [-0.1, -0.05) is 23.7 Å². The SMILES string of the molecule is CCOCOc1c(Cl)cccc1CCN. The molecule has 2 N–H and O–H groups in total. The summed E-state index contributed by atoms with van der Waals surface area (Å²) in [6.07, 6.45) is 0.752. The fourth-order valence-electron chi connectivity index (χ4n) is 1.25. The lowest BCUT2D eigenvalue weighted by Crippen LogP contribution is -2.08. The van der Waals surface area contributed by atoms with Gasteiger partial charge in [0.05, 0.1) is 5.02 Å². The number of hydrogen-bond acceptors (Lipinski definition) is 3. The predicted octanol–water partition coefficient (Wildman–Crippen LogP) is 2.21. The van der Waals surface area contributed by atoms with E-state index >= 15 is 0 Å². The highest BCUT2D eigenvalue weighted by molar-refractivity contribution is 6.32. The van der Waals surface area contributed by atoms with Crippen molar-refractivity contribution in [1.82, 2.24) is 0 Å². The van der Waals surface area contributed by atoms with Crippen molar-refractivity contribution in [1.29, 1.82) is 0 Å². The third-order valence-electron chi connectivity index (χ3n) is 1.95. The van der Waals surface area contributed by atoms with E-state index in [0.717, 1.165) is 12.0 Å². The van der Waals surface area contributed by atoms with Gasteiger partial charge in [0.15, 0.2) is 6.79 Å². The van der Waals surface area contributed by atoms with Gasteiger partial charge in [-0.05, 0) is 31.5 Å². The Labute approximate surface area is 95.1 Å². The minimum atomic E-state index is 0.220. The number of benzene rings is 1. The van der Waals surface area contributed by atoms with Crippen LogP contribution in [0.3, 0.4) is 0 Å². The second-order valence-corrected chi connectivity index (χ2v) is 3.43. The summed E-state index contributed by atoms with van der Waals surface area (Å²) in [5.74, 6) is 0.679. The molecule has 1 rings (SSSR count). The topological polar surface area (TPSA) is 44.5 Å². The van der Waals surface area contributed by atoms with Crippen molar-refractivity contribution in [3.63, 3.8) is 0 Å². The Hall–Kier alpha value is -0.770. The van der Waals surface area contributed by atoms with Crippen molar-refractivity contribution < 1.29 is 9.47 Å². The van der Waals surface area contributed by atoms with Gasteiger partial charge in [-0.25, -0.2) is 0 Å². The van der Waals surface area contributed by atoms with Gasteiger partial charge in [-0.2, -0.15) is 0 Å². The monoisotopic (exact) mass is 229 g/mol. The molecule has 0 aliphatic heterocycles. The minimum Gasteiger partial charge on any atom is -0.466 e. The molecule has 0 spiro atoms. The fourth-order valence-corrected chi connectivity index (χ4v) is 1.50. The lowest BCUT2D eigenvalue weighted by molar-refractivity contribution is 0.0219. The highest BCUT2D eigenvalue weighted by atomic mass is 35.5. The Balaban J connectivity index is 2.72. The third-order valence-corrected chi connectivity index (χ3v) is 2.25. The van der Waals surface area contributed by atoms with E-state index in [9.17, 15) is 0 Å². The Morgan fingerprint density at radius 1 is 1.40 bits per heavy atom. The molecule has 0 saturated heterocycles. The van der Waals surface area contributed by atoms with Gasteiger partial charge in [-0.15, -0.1) is 0 Å². The maximum Gasteiger partial charge on any atom is 0.189 e. The van der Waals surface area contributed by atoms with Gasteiger partial charge < -0.3 is 15.2 Å². The summed E-state index contributed by atoms with van der Waals surface area (Å²) >= 11 is 6.02. The molecule has 3 nitrogen and oxygen atoms in total. The van der Waals surface area contributed by atoms with E-state index in [1.807, 2.05) is 19.1 Å². The summed E-state index contributed by atoms with van der Waals surface area (Å²) in [5.41, 5.74) is 6.52. The predicted molar refractivity (Wildman–Crippen MR) is 61.3 cm³/mol. The first-order valence-corrected chi connectivity index (χ1v) is 5.35. The van der Waals surface area contributed by atoms with Crippen molar-refractivity contribution in [2.24, 2.45) is 5.73 Å². The van der Waals surface area contributed by atoms with Gasteiger partial charge in [0, 0.05) is 6.61 Å². The van der Waals surface area contributed by atoms with Crippen LogP contribution < -0.4 is 10.5 Å². The maximum atomic E-state index is 6.02. The Morgan fingerprint density at radius 2 is 2.20 bits per heavy atom. The zero-order chi connectivity index (χ0) is 11.1. The molecule has 84 valence electrons. The molecule has 0 atom stereocenters. The second-order valence-electron chi connectivity index (χ2n) is 3.02. The first kappa shape index (κ1) is 12.3. The number of halogens is 1. The molecule has 4 heteroatoms. The van der Waals surface area contributed by atoms with Crippen LogP contribution >= 0.6 is 11.6 Å². The highest BCUT2D eigenvalue weighted by Gasteiger charge is 2.07. The van der Waals surface area contributed by atoms with E-state index in [1.54, 1.807) is 6.07 Å². The molecule has 0 bridgehead atoms. The number of hydrogen-bond donors (Lipinski definition) is 1. The summed E-state index contributed by atoms with van der Waals surface area (Å²) in [7, 11) is 0. The maximum absolute atomic E-state index is 6.02. The summed E-state index contributed by atoms with van der Waals surface area (Å²) in [5, 5.41) is 0.598. The number of ether oxygens (including phenoxy) is 2. The molecule has 15 heavy (non-hydrogen) atoms. The van der Waals surface area contributed by atoms with Gasteiger partial charge in [0.25, 0.3) is 0 Å². The largest absolute Gasteiger partial charge is 0.466 e. The molecule has 0 unspecified atom stereocenters. The van der Waals surface area contributed by atoms with Crippen molar-refractivity contribution in [2.45, 2.75) is 13.3 Å². The molecule has 1 aromatic carbocycles. The number of rotatable bonds is 6. The lowest BCUT2D eigenvalue weighted by atomic mass is 10.1. The molecule has 0 aliphatic carbocycles. The van der Waals surface area contributed by atoms with Crippen LogP contribution in [0.4, 0.5) is 0 Å². The van der Waals surface area contributed by atoms with Crippen LogP contribution in [0.1, 0.15) is 12.5 Å². The van der Waals surface area contributed by atoms with Crippen LogP contribution in [0.5, 0.6) is 5.75 Å². The molecular formula is C11H16ClNO2. The first-order valence-electron chi connectivity index (χ1n) is 4.97. The fraction of sp³-hybridized carbons (Fsp3) is 0.455. The summed E-state index contributed by atoms with van der Waals surface area (Å²) in [6.45, 7) is 3.33. The summed E-state index contributed by atoms with van der Waals surface area (Å²) < 4.78 is 10.6. The van der Waals surface area contributed by atoms with Crippen LogP contribution in [0, 0.1) is 0 Å². The van der Waals surface area contributed by atoms with Crippen LogP contribution in [0.2, 0.25) is 5.02 Å². The molecule has 1 aromatic rings. The smallest absolute Gasteiger partial charge is 0.189 e. The zero-order valence-electron chi connectivity index (χ0n) is 8.83. The first-order chi connectivity index (χ1) is 7.29. The Bertz CT molecular complexity index is 305. The van der Waals surface area contributed by atoms with Gasteiger partial charge in [-0.3, -0.25) is 0 Å². The second kappa shape index (κ2) is 6.67. The van der Waals surface area contributed by atoms with Crippen LogP contribution in [-0.4, -0.2) is 19.9 Å². The molecular weight excluding hydrogens is 214 g/mol.